The van der Waals surface area contributed by atoms with Crippen LogP contribution >= 0.6 is 22.9 Å². The predicted octanol–water partition coefficient (Wildman–Crippen LogP) is 2.96. The second kappa shape index (κ2) is 5.83. The summed E-state index contributed by atoms with van der Waals surface area (Å²) in [5.41, 5.74) is 6.57. The van der Waals surface area contributed by atoms with E-state index in [-0.39, 0.29) is 5.91 Å². The van der Waals surface area contributed by atoms with Gasteiger partial charge in [-0.1, -0.05) is 17.7 Å². The van der Waals surface area contributed by atoms with E-state index in [0.717, 1.165) is 16.6 Å². The van der Waals surface area contributed by atoms with Crippen LogP contribution in [-0.2, 0) is 0 Å². The Labute approximate surface area is 132 Å². The van der Waals surface area contributed by atoms with E-state index in [9.17, 15) is 4.79 Å². The third kappa shape index (κ3) is 3.00. The number of halogens is 1. The van der Waals surface area contributed by atoms with Crippen molar-refractivity contribution in [2.45, 2.75) is 18.9 Å². The van der Waals surface area contributed by atoms with Crippen LogP contribution in [0.2, 0.25) is 5.02 Å². The van der Waals surface area contributed by atoms with Gasteiger partial charge in [0, 0.05) is 29.2 Å². The van der Waals surface area contributed by atoms with Gasteiger partial charge in [-0.25, -0.2) is 0 Å². The first kappa shape index (κ1) is 14.6. The van der Waals surface area contributed by atoms with Crippen LogP contribution in [0.5, 0.6) is 0 Å². The van der Waals surface area contributed by atoms with Crippen molar-refractivity contribution >= 4 is 44.6 Å². The first-order valence-electron chi connectivity index (χ1n) is 7.03. The average Bonchev–Trinajstić information content (AvgIpc) is 3.24. The second-order valence-electron chi connectivity index (χ2n) is 5.43. The number of carbonyl (C=O) groups is 1. The fraction of sp³-hybridized carbons (Fsp3) is 0.400. The van der Waals surface area contributed by atoms with Gasteiger partial charge >= 0.3 is 0 Å². The van der Waals surface area contributed by atoms with Gasteiger partial charge in [0.1, 0.15) is 4.88 Å². The van der Waals surface area contributed by atoms with Gasteiger partial charge in [-0.05, 0) is 32.0 Å². The molecule has 0 bridgehead atoms. The van der Waals surface area contributed by atoms with E-state index in [2.05, 4.69) is 17.3 Å². The number of fused-ring (bicyclic) bond motifs is 1. The Morgan fingerprint density at radius 1 is 1.52 bits per heavy atom. The summed E-state index contributed by atoms with van der Waals surface area (Å²) in [5.74, 6) is -0.117. The van der Waals surface area contributed by atoms with Crippen LogP contribution < -0.4 is 11.1 Å². The van der Waals surface area contributed by atoms with E-state index in [4.69, 9.17) is 17.3 Å². The molecule has 1 aromatic heterocycles. The molecular formula is C15H18ClN3OS. The highest BCUT2D eigenvalue weighted by Crippen LogP contribution is 2.37. The molecule has 4 nitrogen and oxygen atoms in total. The highest BCUT2D eigenvalue weighted by Gasteiger charge is 2.25. The third-order valence-electron chi connectivity index (χ3n) is 3.83. The molecule has 3 N–H and O–H groups in total. The molecule has 0 atom stereocenters. The Kier molecular flexibility index (Phi) is 4.06. The molecule has 1 heterocycles. The average molecular weight is 324 g/mol. The molecule has 0 spiro atoms. The number of amides is 1. The number of carbonyl (C=O) groups excluding carboxylic acids is 1. The molecule has 1 aromatic carbocycles. The Hall–Kier alpha value is -1.30. The van der Waals surface area contributed by atoms with Gasteiger partial charge in [0.25, 0.3) is 5.91 Å². The van der Waals surface area contributed by atoms with E-state index in [1.54, 1.807) is 6.07 Å². The summed E-state index contributed by atoms with van der Waals surface area (Å²) in [5, 5.41) is 4.31. The number of hydrogen-bond acceptors (Lipinski definition) is 4. The highest BCUT2D eigenvalue weighted by atomic mass is 35.5. The largest absolute Gasteiger partial charge is 0.397 e. The molecule has 3 rings (SSSR count). The molecule has 0 unspecified atom stereocenters. The zero-order valence-corrected chi connectivity index (χ0v) is 13.4. The van der Waals surface area contributed by atoms with Crippen LogP contribution in [-0.4, -0.2) is 37.0 Å². The molecule has 0 radical (unpaired) electrons. The molecule has 0 saturated heterocycles. The Morgan fingerprint density at radius 3 is 2.95 bits per heavy atom. The summed E-state index contributed by atoms with van der Waals surface area (Å²) >= 11 is 7.54. The summed E-state index contributed by atoms with van der Waals surface area (Å²) in [6.07, 6.45) is 2.54. The summed E-state index contributed by atoms with van der Waals surface area (Å²) in [6, 6.07) is 6.29. The van der Waals surface area contributed by atoms with Crippen molar-refractivity contribution in [2.24, 2.45) is 0 Å². The lowest BCUT2D eigenvalue weighted by atomic mass is 10.2. The van der Waals surface area contributed by atoms with Crippen LogP contribution in [0.3, 0.4) is 0 Å². The van der Waals surface area contributed by atoms with Crippen LogP contribution in [0.1, 0.15) is 22.5 Å². The van der Waals surface area contributed by atoms with Gasteiger partial charge in [0.05, 0.1) is 10.7 Å². The lowest BCUT2D eigenvalue weighted by Gasteiger charge is -2.15. The molecule has 2 aromatic rings. The van der Waals surface area contributed by atoms with Crippen LogP contribution in [0.25, 0.3) is 10.1 Å². The standard InChI is InChI=1S/C15H18ClN3OS/c1-19(9-5-6-9)8-7-18-15(20)14-13(17)12-10(16)3-2-4-11(12)21-14/h2-4,9H,5-8,17H2,1H3,(H,18,20). The summed E-state index contributed by atoms with van der Waals surface area (Å²) in [7, 11) is 2.09. The molecule has 6 heteroatoms. The van der Waals surface area contributed by atoms with Gasteiger partial charge < -0.3 is 16.0 Å². The quantitative estimate of drug-likeness (QED) is 0.889. The SMILES string of the molecule is CN(CCNC(=O)c1sc2cccc(Cl)c2c1N)C1CC1. The number of rotatable bonds is 5. The fourth-order valence-corrected chi connectivity index (χ4v) is 3.82. The molecule has 0 aliphatic heterocycles. The number of anilines is 1. The second-order valence-corrected chi connectivity index (χ2v) is 6.88. The van der Waals surface area contributed by atoms with Crippen molar-refractivity contribution in [1.29, 1.82) is 0 Å². The Morgan fingerprint density at radius 2 is 2.29 bits per heavy atom. The molecule has 112 valence electrons. The van der Waals surface area contributed by atoms with E-state index < -0.39 is 0 Å². The maximum atomic E-state index is 12.3. The third-order valence-corrected chi connectivity index (χ3v) is 5.31. The minimum Gasteiger partial charge on any atom is -0.397 e. The van der Waals surface area contributed by atoms with Crippen molar-refractivity contribution in [3.63, 3.8) is 0 Å². The molecule has 1 aliphatic rings. The zero-order chi connectivity index (χ0) is 15.0. The van der Waals surface area contributed by atoms with Crippen LogP contribution in [0, 0.1) is 0 Å². The first-order valence-corrected chi connectivity index (χ1v) is 8.22. The van der Waals surface area contributed by atoms with Gasteiger partial charge in [0.2, 0.25) is 0 Å². The number of nitrogens with zero attached hydrogens (tertiary/aromatic N) is 1. The predicted molar refractivity (Wildman–Crippen MR) is 89.2 cm³/mol. The lowest BCUT2D eigenvalue weighted by Crippen LogP contribution is -2.33. The molecule has 1 saturated carbocycles. The zero-order valence-electron chi connectivity index (χ0n) is 11.9. The van der Waals surface area contributed by atoms with Crippen LogP contribution in [0.4, 0.5) is 5.69 Å². The first-order chi connectivity index (χ1) is 10.1. The Balaban J connectivity index is 1.69. The van der Waals surface area contributed by atoms with Crippen molar-refractivity contribution < 1.29 is 4.79 Å². The molecule has 1 aliphatic carbocycles. The number of nitrogens with one attached hydrogen (secondary N) is 1. The number of benzene rings is 1. The van der Waals surface area contributed by atoms with Crippen molar-refractivity contribution in [1.82, 2.24) is 10.2 Å². The van der Waals surface area contributed by atoms with E-state index >= 15 is 0 Å². The fourth-order valence-electron chi connectivity index (χ4n) is 2.42. The van der Waals surface area contributed by atoms with Gasteiger partial charge in [-0.15, -0.1) is 11.3 Å². The number of thiophene rings is 1. The van der Waals surface area contributed by atoms with E-state index in [1.165, 1.54) is 24.2 Å². The summed E-state index contributed by atoms with van der Waals surface area (Å²) in [6.45, 7) is 1.50. The van der Waals surface area contributed by atoms with Crippen molar-refractivity contribution in [3.8, 4) is 0 Å². The molecule has 1 fully saturated rings. The normalized spacial score (nSPS) is 14.8. The minimum absolute atomic E-state index is 0.117. The monoisotopic (exact) mass is 323 g/mol. The molecule has 1 amide bonds. The van der Waals surface area contributed by atoms with Crippen molar-refractivity contribution in [2.75, 3.05) is 25.9 Å². The van der Waals surface area contributed by atoms with E-state index in [1.807, 2.05) is 12.1 Å². The molecular weight excluding hydrogens is 306 g/mol. The highest BCUT2D eigenvalue weighted by molar-refractivity contribution is 7.21. The smallest absolute Gasteiger partial charge is 0.263 e. The van der Waals surface area contributed by atoms with Gasteiger partial charge in [-0.3, -0.25) is 4.79 Å². The van der Waals surface area contributed by atoms with Gasteiger partial charge in [-0.2, -0.15) is 0 Å². The minimum atomic E-state index is -0.117. The van der Waals surface area contributed by atoms with E-state index in [0.29, 0.717) is 28.2 Å². The van der Waals surface area contributed by atoms with Crippen molar-refractivity contribution in [3.05, 3.63) is 28.1 Å². The number of hydrogen-bond donors (Lipinski definition) is 2. The van der Waals surface area contributed by atoms with Gasteiger partial charge in [0.15, 0.2) is 0 Å². The maximum Gasteiger partial charge on any atom is 0.263 e. The number of likely N-dealkylation sites (N-methyl/N-ethyl adjacent to an activating group) is 1. The topological polar surface area (TPSA) is 58.4 Å². The summed E-state index contributed by atoms with van der Waals surface area (Å²) < 4.78 is 0.945. The lowest BCUT2D eigenvalue weighted by molar-refractivity contribution is 0.0954. The maximum absolute atomic E-state index is 12.3. The summed E-state index contributed by atoms with van der Waals surface area (Å²) in [4.78, 5) is 15.1. The number of nitrogens with two attached hydrogens (primary N) is 1. The number of nitrogen functional groups attached to an aromatic ring is 1. The van der Waals surface area contributed by atoms with Crippen LogP contribution in [0.15, 0.2) is 18.2 Å². The molecule has 21 heavy (non-hydrogen) atoms. The Bertz CT molecular complexity index is 681.